The number of aliphatic hydroxyl groups excluding tert-OH is 1. The zero-order valence-electron chi connectivity index (χ0n) is 36.6. The molecule has 0 aromatic heterocycles. The predicted octanol–water partition coefficient (Wildman–Crippen LogP) is 11.8. The summed E-state index contributed by atoms with van der Waals surface area (Å²) >= 11 is 0. The molecule has 0 fully saturated rings. The Kier molecular flexibility index (Phi) is 40.5. The summed E-state index contributed by atoms with van der Waals surface area (Å²) in [7, 11) is 0. The first-order valence-electron chi connectivity index (χ1n) is 23.4. The van der Waals surface area contributed by atoms with Crippen molar-refractivity contribution in [3.8, 4) is 0 Å². The topological polar surface area (TPSA) is 142 Å². The second kappa shape index (κ2) is 42.7. The highest BCUT2D eigenvalue weighted by molar-refractivity contribution is 5.87. The van der Waals surface area contributed by atoms with Crippen LogP contribution in [-0.4, -0.2) is 59.3 Å². The maximum atomic E-state index is 12.7. The third-order valence-corrected chi connectivity index (χ3v) is 10.4. The van der Waals surface area contributed by atoms with Gasteiger partial charge in [-0.3, -0.25) is 14.4 Å². The smallest absolute Gasteiger partial charge is 0.328 e. The molecule has 0 radical (unpaired) electrons. The van der Waals surface area contributed by atoms with Gasteiger partial charge in [0.15, 0.2) is 0 Å². The average Bonchev–Trinajstić information content (AvgIpc) is 3.20. The van der Waals surface area contributed by atoms with Crippen molar-refractivity contribution in [3.63, 3.8) is 0 Å². The summed E-state index contributed by atoms with van der Waals surface area (Å²) in [6, 6.07) is -1.38. The number of rotatable bonds is 42. The number of carbonyl (C=O) groups excluding carboxylic acids is 3. The standard InChI is InChI=1S/C48H86N2O7/c1-3-5-7-9-11-12-13-14-15-16-17-18-19-20-21-22-23-24-25-26-27-32-36-40-47(54)57-43(37-33-29-10-8-6-4-2)38-34-30-28-31-35-39-45(52)49-41-46(53)50-44(42-51)48(55)56/h13-14,16-17,19-20,43-44,51H,3-12,15,18,21-42H2,1-2H3,(H,49,52)(H,50,53)(H,55,56)/b14-13-,17-16-,20-19-. The summed E-state index contributed by atoms with van der Waals surface area (Å²) in [6.07, 6.45) is 49.1. The van der Waals surface area contributed by atoms with Crippen LogP contribution in [-0.2, 0) is 23.9 Å². The summed E-state index contributed by atoms with van der Waals surface area (Å²) in [5, 5.41) is 22.5. The fourth-order valence-electron chi connectivity index (χ4n) is 6.78. The van der Waals surface area contributed by atoms with Crippen LogP contribution in [0.3, 0.4) is 0 Å². The maximum absolute atomic E-state index is 12.7. The first kappa shape index (κ1) is 54.1. The van der Waals surface area contributed by atoms with Gasteiger partial charge in [-0.05, 0) is 77.0 Å². The van der Waals surface area contributed by atoms with Gasteiger partial charge in [0.25, 0.3) is 0 Å². The molecule has 0 aliphatic rings. The number of hydrogen-bond acceptors (Lipinski definition) is 6. The van der Waals surface area contributed by atoms with Crippen LogP contribution in [0.25, 0.3) is 0 Å². The van der Waals surface area contributed by atoms with E-state index >= 15 is 0 Å². The first-order valence-corrected chi connectivity index (χ1v) is 23.4. The molecule has 0 saturated carbocycles. The van der Waals surface area contributed by atoms with Gasteiger partial charge >= 0.3 is 11.9 Å². The molecule has 0 aromatic carbocycles. The van der Waals surface area contributed by atoms with Crippen molar-refractivity contribution < 1.29 is 34.1 Å². The lowest BCUT2D eigenvalue weighted by molar-refractivity contribution is -0.150. The third kappa shape index (κ3) is 39.7. The summed E-state index contributed by atoms with van der Waals surface area (Å²) in [5.74, 6) is -2.30. The summed E-state index contributed by atoms with van der Waals surface area (Å²) in [6.45, 7) is 3.45. The number of amides is 2. The van der Waals surface area contributed by atoms with E-state index in [0.29, 0.717) is 19.3 Å². The van der Waals surface area contributed by atoms with Crippen LogP contribution in [0.15, 0.2) is 36.5 Å². The summed E-state index contributed by atoms with van der Waals surface area (Å²) in [4.78, 5) is 47.5. The van der Waals surface area contributed by atoms with E-state index in [-0.39, 0.29) is 24.5 Å². The maximum Gasteiger partial charge on any atom is 0.328 e. The van der Waals surface area contributed by atoms with Gasteiger partial charge in [-0.2, -0.15) is 0 Å². The molecule has 2 unspecified atom stereocenters. The Morgan fingerprint density at radius 2 is 0.947 bits per heavy atom. The van der Waals surface area contributed by atoms with Gasteiger partial charge in [-0.1, -0.05) is 166 Å². The molecule has 2 amide bonds. The van der Waals surface area contributed by atoms with E-state index in [1.165, 1.54) is 116 Å². The van der Waals surface area contributed by atoms with Crippen molar-refractivity contribution in [1.29, 1.82) is 0 Å². The van der Waals surface area contributed by atoms with Crippen molar-refractivity contribution in [2.24, 2.45) is 0 Å². The number of unbranched alkanes of at least 4 members (excludes halogenated alkanes) is 22. The fraction of sp³-hybridized carbons (Fsp3) is 0.792. The molecule has 2 atom stereocenters. The average molecular weight is 803 g/mol. The highest BCUT2D eigenvalue weighted by atomic mass is 16.5. The Labute approximate surface area is 348 Å². The molecular weight excluding hydrogens is 717 g/mol. The molecule has 0 aromatic rings. The molecule has 0 bridgehead atoms. The Bertz CT molecular complexity index is 1060. The normalized spacial score (nSPS) is 12.8. The first-order chi connectivity index (χ1) is 27.8. The molecule has 57 heavy (non-hydrogen) atoms. The quantitative estimate of drug-likeness (QED) is 0.0273. The Balaban J connectivity index is 4.03. The van der Waals surface area contributed by atoms with Crippen LogP contribution < -0.4 is 10.6 Å². The SMILES string of the molecule is CCCCCCC/C=C\C/C=C\C/C=C\CCCCCCCCCCC(=O)OC(CCCCCCCC)CCCCCCCC(=O)NCC(=O)NC(CO)C(=O)O. The van der Waals surface area contributed by atoms with Gasteiger partial charge in [0.1, 0.15) is 12.1 Å². The second-order valence-electron chi connectivity index (χ2n) is 15.8. The lowest BCUT2D eigenvalue weighted by Crippen LogP contribution is -2.47. The lowest BCUT2D eigenvalue weighted by Gasteiger charge is -2.18. The zero-order chi connectivity index (χ0) is 41.9. The Morgan fingerprint density at radius 1 is 0.526 bits per heavy atom. The fourth-order valence-corrected chi connectivity index (χ4v) is 6.78. The van der Waals surface area contributed by atoms with E-state index in [2.05, 4.69) is 60.9 Å². The van der Waals surface area contributed by atoms with E-state index < -0.39 is 24.5 Å². The molecule has 0 saturated heterocycles. The minimum absolute atomic E-state index is 0.0135. The van der Waals surface area contributed by atoms with Gasteiger partial charge in [0.2, 0.25) is 11.8 Å². The highest BCUT2D eigenvalue weighted by Gasteiger charge is 2.19. The number of carbonyl (C=O) groups is 4. The van der Waals surface area contributed by atoms with Crippen LogP contribution in [0.1, 0.15) is 219 Å². The van der Waals surface area contributed by atoms with Crippen LogP contribution in [0.5, 0.6) is 0 Å². The Morgan fingerprint density at radius 3 is 1.42 bits per heavy atom. The predicted molar refractivity (Wildman–Crippen MR) is 236 cm³/mol. The zero-order valence-corrected chi connectivity index (χ0v) is 36.6. The van der Waals surface area contributed by atoms with Crippen molar-refractivity contribution in [1.82, 2.24) is 10.6 Å². The molecule has 0 aliphatic carbocycles. The molecule has 0 heterocycles. The number of carboxylic acids is 1. The van der Waals surface area contributed by atoms with Crippen molar-refractivity contribution in [2.75, 3.05) is 13.2 Å². The number of allylic oxidation sites excluding steroid dienone is 6. The molecule has 0 spiro atoms. The number of ether oxygens (including phenoxy) is 1. The second-order valence-corrected chi connectivity index (χ2v) is 15.8. The van der Waals surface area contributed by atoms with Crippen molar-refractivity contribution >= 4 is 23.8 Å². The number of nitrogens with one attached hydrogen (secondary N) is 2. The van der Waals surface area contributed by atoms with Gasteiger partial charge in [-0.25, -0.2) is 4.79 Å². The number of esters is 1. The molecule has 330 valence electrons. The number of aliphatic hydroxyl groups is 1. The number of aliphatic carboxylic acids is 1. The lowest BCUT2D eigenvalue weighted by atomic mass is 10.0. The van der Waals surface area contributed by atoms with Crippen molar-refractivity contribution in [2.45, 2.75) is 231 Å². The minimum atomic E-state index is -1.38. The van der Waals surface area contributed by atoms with Gasteiger partial charge < -0.3 is 25.6 Å². The molecular formula is C48H86N2O7. The van der Waals surface area contributed by atoms with Gasteiger partial charge in [0.05, 0.1) is 13.2 Å². The van der Waals surface area contributed by atoms with E-state index in [9.17, 15) is 19.2 Å². The summed E-state index contributed by atoms with van der Waals surface area (Å²) in [5.41, 5.74) is 0. The molecule has 9 nitrogen and oxygen atoms in total. The van der Waals surface area contributed by atoms with E-state index in [1.54, 1.807) is 0 Å². The van der Waals surface area contributed by atoms with Crippen LogP contribution in [0.2, 0.25) is 0 Å². The molecule has 0 rings (SSSR count). The highest BCUT2D eigenvalue weighted by Crippen LogP contribution is 2.19. The monoisotopic (exact) mass is 803 g/mol. The van der Waals surface area contributed by atoms with E-state index in [4.69, 9.17) is 14.9 Å². The van der Waals surface area contributed by atoms with Crippen LogP contribution in [0, 0.1) is 0 Å². The van der Waals surface area contributed by atoms with Gasteiger partial charge in [0, 0.05) is 12.8 Å². The minimum Gasteiger partial charge on any atom is -0.480 e. The number of hydrogen-bond donors (Lipinski definition) is 4. The largest absolute Gasteiger partial charge is 0.480 e. The van der Waals surface area contributed by atoms with E-state index in [1.807, 2.05) is 0 Å². The number of carboxylic acid groups (broad SMARTS) is 1. The van der Waals surface area contributed by atoms with Crippen LogP contribution in [0.4, 0.5) is 0 Å². The van der Waals surface area contributed by atoms with Crippen LogP contribution >= 0.6 is 0 Å². The third-order valence-electron chi connectivity index (χ3n) is 10.4. The van der Waals surface area contributed by atoms with E-state index in [0.717, 1.165) is 70.6 Å². The molecule has 9 heteroatoms. The Hall–Kier alpha value is -2.94. The summed E-state index contributed by atoms with van der Waals surface area (Å²) < 4.78 is 5.99. The molecule has 0 aliphatic heterocycles. The van der Waals surface area contributed by atoms with Crippen molar-refractivity contribution in [3.05, 3.63) is 36.5 Å². The van der Waals surface area contributed by atoms with Gasteiger partial charge in [-0.15, -0.1) is 0 Å². The molecule has 4 N–H and O–H groups in total.